The van der Waals surface area contributed by atoms with Gasteiger partial charge in [-0.15, -0.1) is 11.3 Å². The highest BCUT2D eigenvalue weighted by molar-refractivity contribution is 7.12. The monoisotopic (exact) mass is 170 g/mol. The standard InChI is InChI=1S/C8H14N2S/c1-4-6-7(9)10-8(11-6)5(2)3/h5H,4,9H2,1-3H3. The lowest BCUT2D eigenvalue weighted by atomic mass is 10.2. The number of aryl methyl sites for hydroxylation is 1. The lowest BCUT2D eigenvalue weighted by molar-refractivity contribution is 0.854. The second-order valence-corrected chi connectivity index (χ2v) is 3.98. The van der Waals surface area contributed by atoms with E-state index in [2.05, 4.69) is 25.8 Å². The summed E-state index contributed by atoms with van der Waals surface area (Å²) >= 11 is 1.73. The maximum atomic E-state index is 5.69. The summed E-state index contributed by atoms with van der Waals surface area (Å²) in [5.74, 6) is 1.23. The SMILES string of the molecule is CCc1sc(C(C)C)nc1N. The highest BCUT2D eigenvalue weighted by Crippen LogP contribution is 2.26. The van der Waals surface area contributed by atoms with E-state index in [9.17, 15) is 0 Å². The molecule has 2 N–H and O–H groups in total. The Balaban J connectivity index is 2.95. The number of nitrogens with zero attached hydrogens (tertiary/aromatic N) is 1. The van der Waals surface area contributed by atoms with Gasteiger partial charge in [-0.2, -0.15) is 0 Å². The van der Waals surface area contributed by atoms with Crippen LogP contribution in [0.3, 0.4) is 0 Å². The predicted molar refractivity (Wildman–Crippen MR) is 50.0 cm³/mol. The molecule has 0 saturated heterocycles. The van der Waals surface area contributed by atoms with Crippen molar-refractivity contribution in [2.45, 2.75) is 33.1 Å². The molecule has 62 valence electrons. The van der Waals surface area contributed by atoms with Gasteiger partial charge in [-0.3, -0.25) is 0 Å². The van der Waals surface area contributed by atoms with Gasteiger partial charge in [0.15, 0.2) is 0 Å². The quantitative estimate of drug-likeness (QED) is 0.740. The van der Waals surface area contributed by atoms with Crippen molar-refractivity contribution in [1.29, 1.82) is 0 Å². The zero-order valence-corrected chi connectivity index (χ0v) is 8.03. The Morgan fingerprint density at radius 3 is 2.45 bits per heavy atom. The number of hydrogen-bond acceptors (Lipinski definition) is 3. The predicted octanol–water partition coefficient (Wildman–Crippen LogP) is 2.41. The van der Waals surface area contributed by atoms with E-state index in [0.717, 1.165) is 17.2 Å². The van der Waals surface area contributed by atoms with Crippen LogP contribution in [0.1, 0.15) is 36.6 Å². The molecular formula is C8H14N2S. The highest BCUT2D eigenvalue weighted by Gasteiger charge is 2.08. The topological polar surface area (TPSA) is 38.9 Å². The molecule has 1 rings (SSSR count). The van der Waals surface area contributed by atoms with Gasteiger partial charge in [0.2, 0.25) is 0 Å². The van der Waals surface area contributed by atoms with Gasteiger partial charge in [-0.25, -0.2) is 4.98 Å². The van der Waals surface area contributed by atoms with Crippen LogP contribution in [0.2, 0.25) is 0 Å². The van der Waals surface area contributed by atoms with Gasteiger partial charge in [0.1, 0.15) is 5.82 Å². The zero-order chi connectivity index (χ0) is 8.43. The van der Waals surface area contributed by atoms with E-state index in [4.69, 9.17) is 5.73 Å². The van der Waals surface area contributed by atoms with E-state index in [-0.39, 0.29) is 0 Å². The molecule has 0 aromatic carbocycles. The molecule has 0 aliphatic rings. The van der Waals surface area contributed by atoms with Crippen molar-refractivity contribution < 1.29 is 0 Å². The summed E-state index contributed by atoms with van der Waals surface area (Å²) in [6.45, 7) is 6.38. The van der Waals surface area contributed by atoms with Crippen molar-refractivity contribution in [3.8, 4) is 0 Å². The molecule has 1 aromatic heterocycles. The first-order valence-electron chi connectivity index (χ1n) is 3.90. The molecule has 0 fully saturated rings. The Morgan fingerprint density at radius 1 is 1.55 bits per heavy atom. The second-order valence-electron chi connectivity index (χ2n) is 2.87. The highest BCUT2D eigenvalue weighted by atomic mass is 32.1. The Bertz CT molecular complexity index is 240. The van der Waals surface area contributed by atoms with Crippen LogP contribution < -0.4 is 5.73 Å². The van der Waals surface area contributed by atoms with E-state index in [1.54, 1.807) is 11.3 Å². The first-order valence-corrected chi connectivity index (χ1v) is 4.71. The fourth-order valence-electron chi connectivity index (χ4n) is 0.883. The van der Waals surface area contributed by atoms with Crippen LogP contribution >= 0.6 is 11.3 Å². The average molecular weight is 170 g/mol. The van der Waals surface area contributed by atoms with Crippen LogP contribution in [0.5, 0.6) is 0 Å². The third kappa shape index (κ3) is 1.71. The molecule has 0 atom stereocenters. The number of nitrogens with two attached hydrogens (primary N) is 1. The summed E-state index contributed by atoms with van der Waals surface area (Å²) in [6.07, 6.45) is 0.996. The minimum absolute atomic E-state index is 0.502. The third-order valence-electron chi connectivity index (χ3n) is 1.56. The van der Waals surface area contributed by atoms with Crippen molar-refractivity contribution in [2.75, 3.05) is 5.73 Å². The molecule has 0 bridgehead atoms. The molecule has 0 unspecified atom stereocenters. The summed E-state index contributed by atoms with van der Waals surface area (Å²) in [4.78, 5) is 5.49. The van der Waals surface area contributed by atoms with Gasteiger partial charge in [0.05, 0.1) is 5.01 Å². The fraction of sp³-hybridized carbons (Fsp3) is 0.625. The van der Waals surface area contributed by atoms with Gasteiger partial charge in [0, 0.05) is 10.8 Å². The van der Waals surface area contributed by atoms with E-state index in [1.807, 2.05) is 0 Å². The van der Waals surface area contributed by atoms with Crippen molar-refractivity contribution in [2.24, 2.45) is 0 Å². The Hall–Kier alpha value is -0.570. The van der Waals surface area contributed by atoms with Gasteiger partial charge in [-0.05, 0) is 6.42 Å². The maximum absolute atomic E-state index is 5.69. The molecule has 3 heteroatoms. The molecule has 0 aliphatic heterocycles. The minimum atomic E-state index is 0.502. The van der Waals surface area contributed by atoms with Crippen molar-refractivity contribution >= 4 is 17.2 Å². The van der Waals surface area contributed by atoms with Crippen LogP contribution in [0.25, 0.3) is 0 Å². The summed E-state index contributed by atoms with van der Waals surface area (Å²) in [7, 11) is 0. The number of hydrogen-bond donors (Lipinski definition) is 1. The van der Waals surface area contributed by atoms with Crippen molar-refractivity contribution in [1.82, 2.24) is 4.98 Å². The molecule has 0 saturated carbocycles. The zero-order valence-electron chi connectivity index (χ0n) is 7.22. The Kier molecular flexibility index (Phi) is 2.49. The van der Waals surface area contributed by atoms with Gasteiger partial charge >= 0.3 is 0 Å². The molecular weight excluding hydrogens is 156 g/mol. The molecule has 0 amide bonds. The Labute approximate surface area is 71.5 Å². The average Bonchev–Trinajstić information content (AvgIpc) is 2.31. The smallest absolute Gasteiger partial charge is 0.137 e. The van der Waals surface area contributed by atoms with E-state index < -0.39 is 0 Å². The van der Waals surface area contributed by atoms with Crippen LogP contribution in [0.4, 0.5) is 5.82 Å². The first kappa shape index (κ1) is 8.53. The van der Waals surface area contributed by atoms with Crippen LogP contribution in [-0.2, 0) is 6.42 Å². The Morgan fingerprint density at radius 2 is 2.18 bits per heavy atom. The minimum Gasteiger partial charge on any atom is -0.383 e. The molecule has 0 aliphatic carbocycles. The molecule has 0 radical (unpaired) electrons. The molecule has 2 nitrogen and oxygen atoms in total. The maximum Gasteiger partial charge on any atom is 0.137 e. The summed E-state index contributed by atoms with van der Waals surface area (Å²) < 4.78 is 0. The molecule has 1 heterocycles. The van der Waals surface area contributed by atoms with Gasteiger partial charge in [0.25, 0.3) is 0 Å². The van der Waals surface area contributed by atoms with Gasteiger partial charge < -0.3 is 5.73 Å². The van der Waals surface area contributed by atoms with E-state index >= 15 is 0 Å². The molecule has 11 heavy (non-hydrogen) atoms. The fourth-order valence-corrected chi connectivity index (χ4v) is 1.81. The lowest BCUT2D eigenvalue weighted by Gasteiger charge is -1.94. The largest absolute Gasteiger partial charge is 0.383 e. The normalized spacial score (nSPS) is 10.9. The lowest BCUT2D eigenvalue weighted by Crippen LogP contribution is -1.90. The van der Waals surface area contributed by atoms with Gasteiger partial charge in [-0.1, -0.05) is 20.8 Å². The molecule has 1 aromatic rings. The number of rotatable bonds is 2. The van der Waals surface area contributed by atoms with Crippen molar-refractivity contribution in [3.05, 3.63) is 9.88 Å². The first-order chi connectivity index (χ1) is 5.15. The van der Waals surface area contributed by atoms with Crippen molar-refractivity contribution in [3.63, 3.8) is 0 Å². The van der Waals surface area contributed by atoms with Crippen LogP contribution in [0, 0.1) is 0 Å². The number of aromatic nitrogens is 1. The summed E-state index contributed by atoms with van der Waals surface area (Å²) in [6, 6.07) is 0. The second kappa shape index (κ2) is 3.22. The number of thiazole rings is 1. The summed E-state index contributed by atoms with van der Waals surface area (Å²) in [5, 5.41) is 1.15. The summed E-state index contributed by atoms with van der Waals surface area (Å²) in [5.41, 5.74) is 5.69. The third-order valence-corrected chi connectivity index (χ3v) is 3.08. The van der Waals surface area contributed by atoms with Crippen LogP contribution in [0.15, 0.2) is 0 Å². The number of nitrogen functional groups attached to an aromatic ring is 1. The molecule has 0 spiro atoms. The van der Waals surface area contributed by atoms with E-state index in [0.29, 0.717) is 5.92 Å². The van der Waals surface area contributed by atoms with E-state index in [1.165, 1.54) is 4.88 Å². The number of anilines is 1. The van der Waals surface area contributed by atoms with Crippen LogP contribution in [-0.4, -0.2) is 4.98 Å².